The van der Waals surface area contributed by atoms with E-state index in [4.69, 9.17) is 4.74 Å². The van der Waals surface area contributed by atoms with E-state index in [0.29, 0.717) is 12.5 Å². The van der Waals surface area contributed by atoms with E-state index >= 15 is 0 Å². The molecule has 164 valence electrons. The van der Waals surface area contributed by atoms with Crippen molar-refractivity contribution in [1.82, 2.24) is 9.71 Å². The zero-order valence-corrected chi connectivity index (χ0v) is 19.3. The van der Waals surface area contributed by atoms with E-state index in [1.54, 1.807) is 11.3 Å². The lowest BCUT2D eigenvalue weighted by atomic mass is 9.83. The van der Waals surface area contributed by atoms with Crippen molar-refractivity contribution in [1.29, 1.82) is 0 Å². The van der Waals surface area contributed by atoms with Crippen LogP contribution in [0.3, 0.4) is 0 Å². The molecule has 1 N–H and O–H groups in total. The van der Waals surface area contributed by atoms with Crippen LogP contribution < -0.4 is 9.62 Å². The maximum Gasteiger partial charge on any atom is 0.209 e. The van der Waals surface area contributed by atoms with Gasteiger partial charge in [-0.1, -0.05) is 30.3 Å². The van der Waals surface area contributed by atoms with Gasteiger partial charge in [-0.2, -0.15) is 0 Å². The molecule has 8 heteroatoms. The molecule has 1 aliphatic heterocycles. The van der Waals surface area contributed by atoms with Crippen molar-refractivity contribution in [2.24, 2.45) is 0 Å². The number of benzene rings is 1. The van der Waals surface area contributed by atoms with Crippen molar-refractivity contribution in [3.8, 4) is 0 Å². The number of aromatic nitrogens is 1. The first-order chi connectivity index (χ1) is 14.4. The molecule has 2 aliphatic rings. The van der Waals surface area contributed by atoms with E-state index in [-0.39, 0.29) is 18.2 Å². The molecule has 1 saturated heterocycles. The normalized spacial score (nSPS) is 27.5. The minimum atomic E-state index is -3.27. The third kappa shape index (κ3) is 5.22. The molecule has 30 heavy (non-hydrogen) atoms. The van der Waals surface area contributed by atoms with Crippen LogP contribution in [-0.4, -0.2) is 51.0 Å². The van der Waals surface area contributed by atoms with Crippen molar-refractivity contribution in [3.63, 3.8) is 0 Å². The first kappa shape index (κ1) is 21.7. The predicted molar refractivity (Wildman–Crippen MR) is 122 cm³/mol. The zero-order chi connectivity index (χ0) is 21.1. The molecule has 1 aromatic carbocycles. The van der Waals surface area contributed by atoms with Gasteiger partial charge in [-0.3, -0.25) is 0 Å². The lowest BCUT2D eigenvalue weighted by Crippen LogP contribution is -2.48. The third-order valence-electron chi connectivity index (χ3n) is 6.34. The highest BCUT2D eigenvalue weighted by atomic mass is 32.2. The van der Waals surface area contributed by atoms with Gasteiger partial charge in [0.1, 0.15) is 5.00 Å². The minimum absolute atomic E-state index is 0.00859. The summed E-state index contributed by atoms with van der Waals surface area (Å²) in [5.74, 6) is 0.619. The van der Waals surface area contributed by atoms with E-state index in [9.17, 15) is 8.42 Å². The van der Waals surface area contributed by atoms with E-state index in [1.165, 1.54) is 11.8 Å². The Bertz CT molecular complexity index is 924. The number of anilines is 1. The van der Waals surface area contributed by atoms with Crippen LogP contribution in [0.15, 0.2) is 35.8 Å². The van der Waals surface area contributed by atoms with Gasteiger partial charge in [0.2, 0.25) is 10.0 Å². The minimum Gasteiger partial charge on any atom is -0.376 e. The van der Waals surface area contributed by atoms with Crippen LogP contribution in [0.1, 0.15) is 49.3 Å². The second-order valence-electron chi connectivity index (χ2n) is 8.51. The Balaban J connectivity index is 1.38. The van der Waals surface area contributed by atoms with Gasteiger partial charge in [0, 0.05) is 12.6 Å². The molecular formula is C22H31N3O3S2. The molecule has 0 amide bonds. The molecule has 4 rings (SSSR count). The SMILES string of the molecule is Cc1ncsc1N1CC[C@H](NS(C)(=O)=O)[C@@H]1CO[C@H]1CC[C@@H](c2ccccc2)CC1. The first-order valence-corrected chi connectivity index (χ1v) is 13.5. The molecule has 2 heterocycles. The highest BCUT2D eigenvalue weighted by Gasteiger charge is 2.38. The lowest BCUT2D eigenvalue weighted by molar-refractivity contribution is 0.0157. The summed E-state index contributed by atoms with van der Waals surface area (Å²) in [7, 11) is -3.27. The van der Waals surface area contributed by atoms with Crippen LogP contribution in [0.5, 0.6) is 0 Å². The van der Waals surface area contributed by atoms with Crippen LogP contribution in [0.2, 0.25) is 0 Å². The third-order valence-corrected chi connectivity index (χ3v) is 8.04. The first-order valence-electron chi connectivity index (χ1n) is 10.7. The fourth-order valence-corrected chi connectivity index (χ4v) is 6.54. The molecule has 1 saturated carbocycles. The number of aryl methyl sites for hydroxylation is 1. The average molecular weight is 450 g/mol. The Morgan fingerprint density at radius 3 is 2.53 bits per heavy atom. The van der Waals surface area contributed by atoms with Crippen LogP contribution >= 0.6 is 11.3 Å². The van der Waals surface area contributed by atoms with Crippen molar-refractivity contribution in [2.75, 3.05) is 24.3 Å². The van der Waals surface area contributed by atoms with Gasteiger partial charge in [-0.05, 0) is 50.5 Å². The molecule has 1 aromatic heterocycles. The maximum atomic E-state index is 11.9. The highest BCUT2D eigenvalue weighted by Crippen LogP contribution is 2.35. The second kappa shape index (κ2) is 9.34. The Hall–Kier alpha value is -1.48. The number of nitrogens with zero attached hydrogens (tertiary/aromatic N) is 2. The van der Waals surface area contributed by atoms with Crippen LogP contribution in [0.25, 0.3) is 0 Å². The van der Waals surface area contributed by atoms with Crippen molar-refractivity contribution in [3.05, 3.63) is 47.1 Å². The maximum absolute atomic E-state index is 11.9. The van der Waals surface area contributed by atoms with Crippen molar-refractivity contribution < 1.29 is 13.2 Å². The molecule has 1 aliphatic carbocycles. The number of hydrogen-bond donors (Lipinski definition) is 1. The average Bonchev–Trinajstić information content (AvgIpc) is 3.31. The van der Waals surface area contributed by atoms with Gasteiger partial charge >= 0.3 is 0 Å². The van der Waals surface area contributed by atoms with Gasteiger partial charge < -0.3 is 9.64 Å². The van der Waals surface area contributed by atoms with E-state index in [2.05, 4.69) is 44.9 Å². The van der Waals surface area contributed by atoms with Gasteiger partial charge in [0.15, 0.2) is 0 Å². The van der Waals surface area contributed by atoms with Crippen LogP contribution in [0.4, 0.5) is 5.00 Å². The second-order valence-corrected chi connectivity index (χ2v) is 11.1. The Kier molecular flexibility index (Phi) is 6.77. The Morgan fingerprint density at radius 1 is 1.17 bits per heavy atom. The molecule has 2 fully saturated rings. The number of rotatable bonds is 7. The molecule has 0 unspecified atom stereocenters. The lowest BCUT2D eigenvalue weighted by Gasteiger charge is -2.33. The predicted octanol–water partition coefficient (Wildman–Crippen LogP) is 3.69. The fraction of sp³-hybridized carbons (Fsp3) is 0.591. The molecule has 6 nitrogen and oxygen atoms in total. The van der Waals surface area contributed by atoms with E-state index < -0.39 is 10.0 Å². The molecule has 0 spiro atoms. The molecule has 0 radical (unpaired) electrons. The standard InChI is InChI=1S/C22H31N3O3S2/c1-16-22(29-15-23-16)25-13-12-20(24-30(2,26)27)21(25)14-28-19-10-8-18(9-11-19)17-6-4-3-5-7-17/h3-7,15,18-21,24H,8-14H2,1-2H3/t18-,19+,20-,21-/m0/s1. The van der Waals surface area contributed by atoms with Crippen LogP contribution in [0, 0.1) is 6.92 Å². The number of hydrogen-bond acceptors (Lipinski definition) is 6. The molecule has 2 aromatic rings. The molecule has 0 bridgehead atoms. The largest absolute Gasteiger partial charge is 0.376 e. The number of thiazole rings is 1. The quantitative estimate of drug-likeness (QED) is 0.698. The summed E-state index contributed by atoms with van der Waals surface area (Å²) in [6.07, 6.45) is 6.64. The monoisotopic (exact) mass is 449 g/mol. The smallest absolute Gasteiger partial charge is 0.209 e. The number of sulfonamides is 1. The summed E-state index contributed by atoms with van der Waals surface area (Å²) < 4.78 is 33.0. The molecular weight excluding hydrogens is 418 g/mol. The molecule has 2 atom stereocenters. The van der Waals surface area contributed by atoms with Gasteiger partial charge in [-0.15, -0.1) is 11.3 Å². The Labute approximate surface area is 183 Å². The Morgan fingerprint density at radius 2 is 1.90 bits per heavy atom. The summed E-state index contributed by atoms with van der Waals surface area (Å²) in [5, 5.41) is 1.12. The van der Waals surface area contributed by atoms with Gasteiger partial charge in [0.05, 0.1) is 36.2 Å². The van der Waals surface area contributed by atoms with E-state index in [0.717, 1.165) is 49.3 Å². The summed E-state index contributed by atoms with van der Waals surface area (Å²) in [4.78, 5) is 6.66. The number of nitrogens with one attached hydrogen (secondary N) is 1. The van der Waals surface area contributed by atoms with E-state index in [1.807, 2.05) is 12.4 Å². The van der Waals surface area contributed by atoms with Gasteiger partial charge in [0.25, 0.3) is 0 Å². The summed E-state index contributed by atoms with van der Waals surface area (Å²) in [6.45, 7) is 3.35. The summed E-state index contributed by atoms with van der Waals surface area (Å²) in [5.41, 5.74) is 4.27. The topological polar surface area (TPSA) is 71.5 Å². The number of ether oxygens (including phenoxy) is 1. The van der Waals surface area contributed by atoms with Crippen molar-refractivity contribution >= 4 is 26.4 Å². The van der Waals surface area contributed by atoms with Crippen molar-refractivity contribution in [2.45, 2.75) is 63.1 Å². The highest BCUT2D eigenvalue weighted by molar-refractivity contribution is 7.88. The summed E-state index contributed by atoms with van der Waals surface area (Å²) >= 11 is 1.61. The summed E-state index contributed by atoms with van der Waals surface area (Å²) in [6, 6.07) is 10.6. The zero-order valence-electron chi connectivity index (χ0n) is 17.7. The van der Waals surface area contributed by atoms with Gasteiger partial charge in [-0.25, -0.2) is 18.1 Å². The van der Waals surface area contributed by atoms with Crippen LogP contribution in [-0.2, 0) is 14.8 Å². The fourth-order valence-electron chi connectivity index (χ4n) is 4.82.